The van der Waals surface area contributed by atoms with Crippen molar-refractivity contribution in [2.45, 2.75) is 45.0 Å². The molecular weight excluding hydrogens is 407 g/mol. The molecule has 8 heteroatoms. The number of hydrogen-bond donors (Lipinski definition) is 1. The molecule has 0 aliphatic carbocycles. The number of nitrogens with zero attached hydrogens (tertiary/aromatic N) is 2. The Morgan fingerprint density at radius 1 is 1.26 bits per heavy atom. The average Bonchev–Trinajstić information content (AvgIpc) is 2.77. The SMILES string of the molecule is CCCCn1cc(-c2cc(F)c(O[C@@H]3CCNC[C@H]3F)c(F)c2)c2ccncc2c1=O. The first kappa shape index (κ1) is 21.4. The summed E-state index contributed by atoms with van der Waals surface area (Å²) in [6.45, 7) is 3.12. The van der Waals surface area contributed by atoms with E-state index in [-0.39, 0.29) is 17.7 Å². The molecule has 3 aromatic rings. The maximum atomic E-state index is 14.9. The monoisotopic (exact) mass is 431 g/mol. The summed E-state index contributed by atoms with van der Waals surface area (Å²) in [5, 5.41) is 3.82. The Morgan fingerprint density at radius 2 is 2.03 bits per heavy atom. The number of nitrogens with one attached hydrogen (secondary N) is 1. The number of piperidine rings is 1. The summed E-state index contributed by atoms with van der Waals surface area (Å²) >= 11 is 0. The summed E-state index contributed by atoms with van der Waals surface area (Å²) in [7, 11) is 0. The lowest BCUT2D eigenvalue weighted by Crippen LogP contribution is -2.44. The molecule has 1 fully saturated rings. The Kier molecular flexibility index (Phi) is 6.27. The summed E-state index contributed by atoms with van der Waals surface area (Å²) in [4.78, 5) is 16.8. The number of aryl methyl sites for hydroxylation is 1. The quantitative estimate of drug-likeness (QED) is 0.635. The molecule has 1 aliphatic rings. The number of alkyl halides is 1. The van der Waals surface area contributed by atoms with Crippen molar-refractivity contribution in [1.82, 2.24) is 14.9 Å². The van der Waals surface area contributed by atoms with Crippen molar-refractivity contribution in [2.24, 2.45) is 0 Å². The first-order valence-electron chi connectivity index (χ1n) is 10.5. The molecule has 0 saturated carbocycles. The lowest BCUT2D eigenvalue weighted by molar-refractivity contribution is 0.0663. The summed E-state index contributed by atoms with van der Waals surface area (Å²) in [5.41, 5.74) is 0.592. The number of fused-ring (bicyclic) bond motifs is 1. The second-order valence-corrected chi connectivity index (χ2v) is 7.75. The molecule has 31 heavy (non-hydrogen) atoms. The van der Waals surface area contributed by atoms with Crippen LogP contribution >= 0.6 is 0 Å². The second-order valence-electron chi connectivity index (χ2n) is 7.75. The smallest absolute Gasteiger partial charge is 0.260 e. The van der Waals surface area contributed by atoms with Crippen LogP contribution in [0.15, 0.2) is 41.6 Å². The van der Waals surface area contributed by atoms with E-state index in [1.54, 1.807) is 16.8 Å². The van der Waals surface area contributed by atoms with Crippen LogP contribution in [0.1, 0.15) is 26.2 Å². The minimum atomic E-state index is -1.34. The summed E-state index contributed by atoms with van der Waals surface area (Å²) in [5.74, 6) is -2.40. The highest BCUT2D eigenvalue weighted by Crippen LogP contribution is 2.33. The number of pyridine rings is 2. The molecule has 5 nitrogen and oxygen atoms in total. The molecular formula is C23H24F3N3O2. The van der Waals surface area contributed by atoms with Crippen LogP contribution in [-0.2, 0) is 6.54 Å². The number of aromatic nitrogens is 2. The number of benzene rings is 1. The van der Waals surface area contributed by atoms with E-state index in [4.69, 9.17) is 4.74 Å². The summed E-state index contributed by atoms with van der Waals surface area (Å²) in [6, 6.07) is 3.98. The van der Waals surface area contributed by atoms with Crippen molar-refractivity contribution in [3.8, 4) is 16.9 Å². The van der Waals surface area contributed by atoms with E-state index in [2.05, 4.69) is 10.3 Å². The first-order valence-corrected chi connectivity index (χ1v) is 10.5. The molecule has 2 atom stereocenters. The molecule has 2 aromatic heterocycles. The van der Waals surface area contributed by atoms with E-state index in [1.807, 2.05) is 6.92 Å². The minimum Gasteiger partial charge on any atom is -0.481 e. The maximum Gasteiger partial charge on any atom is 0.260 e. The van der Waals surface area contributed by atoms with Gasteiger partial charge in [-0.15, -0.1) is 0 Å². The fourth-order valence-corrected chi connectivity index (χ4v) is 3.87. The third-order valence-corrected chi connectivity index (χ3v) is 5.57. The van der Waals surface area contributed by atoms with Gasteiger partial charge in [0.25, 0.3) is 5.56 Å². The molecule has 0 unspecified atom stereocenters. The zero-order valence-corrected chi connectivity index (χ0v) is 17.2. The lowest BCUT2D eigenvalue weighted by atomic mass is 10.0. The van der Waals surface area contributed by atoms with E-state index < -0.39 is 29.7 Å². The van der Waals surface area contributed by atoms with Gasteiger partial charge in [-0.1, -0.05) is 13.3 Å². The highest BCUT2D eigenvalue weighted by molar-refractivity contribution is 5.95. The number of unbranched alkanes of at least 4 members (excludes halogenated alkanes) is 1. The van der Waals surface area contributed by atoms with Crippen LogP contribution in [0.5, 0.6) is 5.75 Å². The maximum absolute atomic E-state index is 14.9. The molecule has 1 saturated heterocycles. The van der Waals surface area contributed by atoms with Crippen molar-refractivity contribution in [3.05, 3.63) is 58.8 Å². The molecule has 1 aromatic carbocycles. The van der Waals surface area contributed by atoms with Crippen LogP contribution in [-0.4, -0.2) is 34.9 Å². The highest BCUT2D eigenvalue weighted by atomic mass is 19.1. The number of rotatable bonds is 6. The molecule has 0 radical (unpaired) electrons. The van der Waals surface area contributed by atoms with Gasteiger partial charge < -0.3 is 14.6 Å². The fraction of sp³-hybridized carbons (Fsp3) is 0.391. The predicted molar refractivity (Wildman–Crippen MR) is 113 cm³/mol. The third-order valence-electron chi connectivity index (χ3n) is 5.57. The molecule has 0 amide bonds. The van der Waals surface area contributed by atoms with Gasteiger partial charge in [0.15, 0.2) is 17.4 Å². The number of halogens is 3. The van der Waals surface area contributed by atoms with Gasteiger partial charge in [-0.2, -0.15) is 0 Å². The Labute approximate surface area is 177 Å². The first-order chi connectivity index (χ1) is 15.0. The normalized spacial score (nSPS) is 19.0. The van der Waals surface area contributed by atoms with Crippen LogP contribution < -0.4 is 15.6 Å². The van der Waals surface area contributed by atoms with Gasteiger partial charge in [-0.25, -0.2) is 13.2 Å². The lowest BCUT2D eigenvalue weighted by Gasteiger charge is -2.27. The average molecular weight is 431 g/mol. The molecule has 164 valence electrons. The highest BCUT2D eigenvalue weighted by Gasteiger charge is 2.28. The largest absolute Gasteiger partial charge is 0.481 e. The Morgan fingerprint density at radius 3 is 2.74 bits per heavy atom. The third kappa shape index (κ3) is 4.30. The van der Waals surface area contributed by atoms with Gasteiger partial charge in [0, 0.05) is 37.2 Å². The van der Waals surface area contributed by atoms with E-state index in [1.165, 1.54) is 12.4 Å². The fourth-order valence-electron chi connectivity index (χ4n) is 3.87. The van der Waals surface area contributed by atoms with Crippen LogP contribution in [0.2, 0.25) is 0 Å². The molecule has 0 spiro atoms. The van der Waals surface area contributed by atoms with Gasteiger partial charge >= 0.3 is 0 Å². The van der Waals surface area contributed by atoms with Crippen molar-refractivity contribution < 1.29 is 17.9 Å². The van der Waals surface area contributed by atoms with Crippen molar-refractivity contribution >= 4 is 10.8 Å². The van der Waals surface area contributed by atoms with Gasteiger partial charge in [0.2, 0.25) is 0 Å². The summed E-state index contributed by atoms with van der Waals surface area (Å²) in [6.07, 6.45) is 4.39. The van der Waals surface area contributed by atoms with Gasteiger partial charge in [0.05, 0.1) is 5.39 Å². The van der Waals surface area contributed by atoms with Gasteiger partial charge in [-0.3, -0.25) is 9.78 Å². The molecule has 1 aliphatic heterocycles. The zero-order chi connectivity index (χ0) is 22.0. The minimum absolute atomic E-state index is 0.0886. The van der Waals surface area contributed by atoms with Crippen molar-refractivity contribution in [2.75, 3.05) is 13.1 Å². The van der Waals surface area contributed by atoms with Crippen LogP contribution in [0.4, 0.5) is 13.2 Å². The molecule has 4 rings (SSSR count). The number of ether oxygens (including phenoxy) is 1. The standard InChI is InChI=1S/C23H24F3N3O2/c1-2-3-8-29-13-17(15-4-6-27-11-16(15)23(29)30)14-9-18(24)22(19(25)10-14)31-21-5-7-28-12-20(21)26/h4,6,9-11,13,20-21,28H,2-3,5,7-8,12H2,1H3/t20-,21-/m1/s1. The van der Waals surface area contributed by atoms with E-state index in [0.29, 0.717) is 35.8 Å². The van der Waals surface area contributed by atoms with Crippen LogP contribution in [0.25, 0.3) is 21.9 Å². The van der Waals surface area contributed by atoms with E-state index in [0.717, 1.165) is 25.0 Å². The van der Waals surface area contributed by atoms with Crippen LogP contribution in [0.3, 0.4) is 0 Å². The Bertz CT molecular complexity index is 1130. The topological polar surface area (TPSA) is 56.1 Å². The van der Waals surface area contributed by atoms with Gasteiger partial charge in [0.1, 0.15) is 12.3 Å². The molecule has 0 bridgehead atoms. The second kappa shape index (κ2) is 9.09. The molecule has 1 N–H and O–H groups in total. The molecule has 3 heterocycles. The van der Waals surface area contributed by atoms with Crippen LogP contribution in [0, 0.1) is 11.6 Å². The summed E-state index contributed by atoms with van der Waals surface area (Å²) < 4.78 is 50.7. The van der Waals surface area contributed by atoms with Gasteiger partial charge in [-0.05, 0) is 48.5 Å². The van der Waals surface area contributed by atoms with Crippen molar-refractivity contribution in [1.29, 1.82) is 0 Å². The zero-order valence-electron chi connectivity index (χ0n) is 17.2. The van der Waals surface area contributed by atoms with Crippen molar-refractivity contribution in [3.63, 3.8) is 0 Å². The number of hydrogen-bond acceptors (Lipinski definition) is 4. The Hall–Kier alpha value is -2.87. The predicted octanol–water partition coefficient (Wildman–Crippen LogP) is 4.22. The Balaban J connectivity index is 1.77. The van der Waals surface area contributed by atoms with E-state index in [9.17, 15) is 18.0 Å². The van der Waals surface area contributed by atoms with E-state index >= 15 is 0 Å².